The van der Waals surface area contributed by atoms with E-state index in [1.165, 1.54) is 37.5 Å². The maximum absolute atomic E-state index is 13.0. The predicted molar refractivity (Wildman–Crippen MR) is 83.0 cm³/mol. The molecule has 0 saturated carbocycles. The number of hydrogen-bond donors (Lipinski definition) is 1. The highest BCUT2D eigenvalue weighted by Crippen LogP contribution is 2.25. The van der Waals surface area contributed by atoms with Crippen LogP contribution in [0.5, 0.6) is 5.75 Å². The van der Waals surface area contributed by atoms with Crippen molar-refractivity contribution in [2.75, 3.05) is 12.1 Å². The minimum Gasteiger partial charge on any atom is -0.496 e. The van der Waals surface area contributed by atoms with Gasteiger partial charge in [-0.05, 0) is 36.4 Å². The van der Waals surface area contributed by atoms with Crippen molar-refractivity contribution >= 4 is 23.6 Å². The third-order valence-corrected chi connectivity index (χ3v) is 3.42. The van der Waals surface area contributed by atoms with E-state index < -0.39 is 17.6 Å². The number of nitrogens with zero attached hydrogens (tertiary/aromatic N) is 1. The van der Waals surface area contributed by atoms with Gasteiger partial charge in [0.2, 0.25) is 0 Å². The van der Waals surface area contributed by atoms with E-state index in [1.807, 2.05) is 0 Å². The third-order valence-electron chi connectivity index (χ3n) is 3.42. The van der Waals surface area contributed by atoms with Crippen molar-refractivity contribution in [3.05, 3.63) is 65.5 Å². The number of ether oxygens (including phenoxy) is 1. The molecule has 2 aromatic carbocycles. The van der Waals surface area contributed by atoms with Gasteiger partial charge >= 0.3 is 0 Å². The molecule has 0 aliphatic carbocycles. The lowest BCUT2D eigenvalue weighted by Gasteiger charge is -2.14. The van der Waals surface area contributed by atoms with Crippen molar-refractivity contribution < 1.29 is 18.7 Å². The van der Waals surface area contributed by atoms with E-state index in [2.05, 4.69) is 5.43 Å². The summed E-state index contributed by atoms with van der Waals surface area (Å²) in [6, 6.07) is 12.3. The Morgan fingerprint density at radius 1 is 1.09 bits per heavy atom. The molecule has 1 saturated heterocycles. The molecule has 3 rings (SSSR count). The number of nitrogens with one attached hydrogen (secondary N) is 1. The van der Waals surface area contributed by atoms with E-state index in [0.717, 1.165) is 5.01 Å². The molecule has 0 radical (unpaired) electrons. The molecule has 116 valence electrons. The predicted octanol–water partition coefficient (Wildman–Crippen LogP) is 2.30. The monoisotopic (exact) mass is 312 g/mol. The van der Waals surface area contributed by atoms with Crippen molar-refractivity contribution in [2.24, 2.45) is 0 Å². The van der Waals surface area contributed by atoms with E-state index >= 15 is 0 Å². The van der Waals surface area contributed by atoms with E-state index in [9.17, 15) is 14.0 Å². The van der Waals surface area contributed by atoms with Gasteiger partial charge in [-0.25, -0.2) is 9.40 Å². The zero-order chi connectivity index (χ0) is 16.4. The van der Waals surface area contributed by atoms with Gasteiger partial charge in [0.15, 0.2) is 0 Å². The number of methoxy groups -OCH3 is 1. The zero-order valence-corrected chi connectivity index (χ0v) is 12.2. The lowest BCUT2D eigenvalue weighted by molar-refractivity contribution is -0.117. The van der Waals surface area contributed by atoms with Crippen LogP contribution in [0.1, 0.15) is 5.56 Å². The quantitative estimate of drug-likeness (QED) is 0.699. The van der Waals surface area contributed by atoms with E-state index in [0.29, 0.717) is 17.0 Å². The van der Waals surface area contributed by atoms with Crippen LogP contribution in [0.15, 0.2) is 54.1 Å². The van der Waals surface area contributed by atoms with Gasteiger partial charge in [0.25, 0.3) is 11.8 Å². The first kappa shape index (κ1) is 14.8. The molecule has 2 amide bonds. The summed E-state index contributed by atoms with van der Waals surface area (Å²) in [4.78, 5) is 24.5. The van der Waals surface area contributed by atoms with E-state index in [1.54, 1.807) is 24.3 Å². The van der Waals surface area contributed by atoms with Gasteiger partial charge in [-0.3, -0.25) is 15.0 Å². The molecule has 5 nitrogen and oxygen atoms in total. The molecule has 1 heterocycles. The third kappa shape index (κ3) is 2.78. The summed E-state index contributed by atoms with van der Waals surface area (Å²) in [6.07, 6.45) is 1.47. The Bertz CT molecular complexity index is 800. The Balaban J connectivity index is 1.95. The number of anilines is 1. The minimum absolute atomic E-state index is 0.0150. The van der Waals surface area contributed by atoms with Crippen LogP contribution in [-0.2, 0) is 9.59 Å². The molecule has 0 atom stereocenters. The first-order chi connectivity index (χ1) is 11.1. The fourth-order valence-electron chi connectivity index (χ4n) is 2.27. The number of para-hydroxylation sites is 1. The largest absolute Gasteiger partial charge is 0.496 e. The maximum Gasteiger partial charge on any atom is 0.282 e. The smallest absolute Gasteiger partial charge is 0.282 e. The molecule has 1 aliphatic rings. The molecule has 23 heavy (non-hydrogen) atoms. The number of hydrogen-bond acceptors (Lipinski definition) is 3. The normalized spacial score (nSPS) is 15.9. The van der Waals surface area contributed by atoms with E-state index in [4.69, 9.17) is 4.74 Å². The van der Waals surface area contributed by atoms with E-state index in [-0.39, 0.29) is 5.57 Å². The minimum atomic E-state index is -0.523. The highest BCUT2D eigenvalue weighted by atomic mass is 19.1. The Labute approximate surface area is 131 Å². The molecular weight excluding hydrogens is 299 g/mol. The molecule has 0 unspecified atom stereocenters. The van der Waals surface area contributed by atoms with Crippen molar-refractivity contribution in [2.45, 2.75) is 0 Å². The number of amides is 2. The van der Waals surface area contributed by atoms with Gasteiger partial charge in [-0.1, -0.05) is 18.2 Å². The van der Waals surface area contributed by atoms with Gasteiger partial charge in [-0.2, -0.15) is 0 Å². The van der Waals surface area contributed by atoms with Crippen molar-refractivity contribution in [1.29, 1.82) is 0 Å². The summed E-state index contributed by atoms with van der Waals surface area (Å²) in [7, 11) is 1.51. The Morgan fingerprint density at radius 3 is 2.48 bits per heavy atom. The van der Waals surface area contributed by atoms with Crippen LogP contribution >= 0.6 is 0 Å². The van der Waals surface area contributed by atoms with Crippen LogP contribution in [0, 0.1) is 5.82 Å². The number of carbonyl (C=O) groups excluding carboxylic acids is 2. The number of benzene rings is 2. The van der Waals surface area contributed by atoms with Gasteiger partial charge in [0, 0.05) is 5.56 Å². The lowest BCUT2D eigenvalue weighted by atomic mass is 10.1. The number of halogens is 1. The highest BCUT2D eigenvalue weighted by molar-refractivity contribution is 6.31. The second-order valence-corrected chi connectivity index (χ2v) is 4.86. The summed E-state index contributed by atoms with van der Waals surface area (Å²) in [5.41, 5.74) is 3.45. The molecular formula is C17H13FN2O3. The van der Waals surface area contributed by atoms with Crippen LogP contribution in [0.3, 0.4) is 0 Å². The van der Waals surface area contributed by atoms with Gasteiger partial charge in [0.05, 0.1) is 12.8 Å². The Morgan fingerprint density at radius 2 is 1.78 bits per heavy atom. The average Bonchev–Trinajstić information content (AvgIpc) is 2.84. The van der Waals surface area contributed by atoms with Crippen molar-refractivity contribution in [3.8, 4) is 5.75 Å². The number of rotatable bonds is 3. The average molecular weight is 312 g/mol. The highest BCUT2D eigenvalue weighted by Gasteiger charge is 2.34. The Hall–Kier alpha value is -3.15. The summed E-state index contributed by atoms with van der Waals surface area (Å²) in [6.45, 7) is 0. The van der Waals surface area contributed by atoms with Crippen molar-refractivity contribution in [3.63, 3.8) is 0 Å². The second-order valence-electron chi connectivity index (χ2n) is 4.86. The fourth-order valence-corrected chi connectivity index (χ4v) is 2.27. The maximum atomic E-state index is 13.0. The molecule has 1 aliphatic heterocycles. The van der Waals surface area contributed by atoms with Crippen LogP contribution in [-0.4, -0.2) is 18.9 Å². The summed E-state index contributed by atoms with van der Waals surface area (Å²) in [5, 5.41) is 1.09. The second kappa shape index (κ2) is 5.92. The molecule has 1 N–H and O–H groups in total. The standard InChI is InChI=1S/C17H13FN2O3/c1-23-15-5-3-2-4-11(15)10-14-16(21)19-20(17(14)22)13-8-6-12(18)7-9-13/h2-10H,1H3,(H,19,21)/b14-10+. The molecule has 2 aromatic rings. The number of carbonyl (C=O) groups is 2. The fraction of sp³-hybridized carbons (Fsp3) is 0.0588. The molecule has 1 fully saturated rings. The SMILES string of the molecule is COc1ccccc1/C=C1\C(=O)NN(c2ccc(F)cc2)C1=O. The topological polar surface area (TPSA) is 58.6 Å². The van der Waals surface area contributed by atoms with Crippen LogP contribution in [0.2, 0.25) is 0 Å². The van der Waals surface area contributed by atoms with Gasteiger partial charge < -0.3 is 4.74 Å². The van der Waals surface area contributed by atoms with Crippen LogP contribution in [0.4, 0.5) is 10.1 Å². The summed E-state index contributed by atoms with van der Waals surface area (Å²) in [5.74, 6) is -0.893. The first-order valence-corrected chi connectivity index (χ1v) is 6.86. The van der Waals surface area contributed by atoms with Crippen LogP contribution < -0.4 is 15.2 Å². The molecule has 6 heteroatoms. The molecule has 0 aromatic heterocycles. The first-order valence-electron chi connectivity index (χ1n) is 6.86. The zero-order valence-electron chi connectivity index (χ0n) is 12.2. The molecule has 0 bridgehead atoms. The molecule has 0 spiro atoms. The van der Waals surface area contributed by atoms with Gasteiger partial charge in [-0.15, -0.1) is 0 Å². The lowest BCUT2D eigenvalue weighted by Crippen LogP contribution is -2.35. The Kier molecular flexibility index (Phi) is 3.80. The summed E-state index contributed by atoms with van der Waals surface area (Å²) < 4.78 is 18.2. The van der Waals surface area contributed by atoms with Crippen molar-refractivity contribution in [1.82, 2.24) is 5.43 Å². The van der Waals surface area contributed by atoms with Gasteiger partial charge in [0.1, 0.15) is 17.1 Å². The van der Waals surface area contributed by atoms with Crippen LogP contribution in [0.25, 0.3) is 6.08 Å². The number of hydrazine groups is 1. The summed E-state index contributed by atoms with van der Waals surface area (Å²) >= 11 is 0.